The molecule has 2 saturated carbocycles. The summed E-state index contributed by atoms with van der Waals surface area (Å²) in [5.74, 6) is 0.271. The molecule has 2 heteroatoms. The Bertz CT molecular complexity index is 189. The molecule has 0 saturated heterocycles. The van der Waals surface area contributed by atoms with E-state index < -0.39 is 6.10 Å². The van der Waals surface area contributed by atoms with Crippen molar-refractivity contribution in [3.8, 4) is 0 Å². The number of carbonyl (C=O) groups is 1. The highest BCUT2D eigenvalue weighted by atomic mass is 16.3. The van der Waals surface area contributed by atoms with Crippen molar-refractivity contribution >= 4 is 6.29 Å². The Balaban J connectivity index is 2.12. The monoisotopic (exact) mass is 182 g/mol. The predicted molar refractivity (Wildman–Crippen MR) is 50.3 cm³/mol. The lowest BCUT2D eigenvalue weighted by atomic mass is 9.74. The summed E-state index contributed by atoms with van der Waals surface area (Å²) in [4.78, 5) is 10.6. The summed E-state index contributed by atoms with van der Waals surface area (Å²) in [6.45, 7) is 0. The molecule has 0 radical (unpaired) electrons. The molecule has 1 spiro atoms. The fourth-order valence-electron chi connectivity index (χ4n) is 3.49. The summed E-state index contributed by atoms with van der Waals surface area (Å²) >= 11 is 0. The van der Waals surface area contributed by atoms with Crippen LogP contribution < -0.4 is 0 Å². The predicted octanol–water partition coefficient (Wildman–Crippen LogP) is 1.91. The van der Waals surface area contributed by atoms with Crippen molar-refractivity contribution in [1.82, 2.24) is 0 Å². The van der Waals surface area contributed by atoms with Crippen molar-refractivity contribution < 1.29 is 9.90 Å². The highest BCUT2D eigenvalue weighted by Gasteiger charge is 2.47. The maximum atomic E-state index is 10.6. The number of carbonyl (C=O) groups excluding carboxylic acids is 1. The largest absolute Gasteiger partial charge is 0.385 e. The zero-order valence-electron chi connectivity index (χ0n) is 8.04. The number of hydrogen-bond donors (Lipinski definition) is 1. The number of aliphatic hydroxyl groups is 1. The van der Waals surface area contributed by atoms with Crippen LogP contribution in [-0.2, 0) is 4.79 Å². The van der Waals surface area contributed by atoms with Crippen molar-refractivity contribution in [1.29, 1.82) is 0 Å². The highest BCUT2D eigenvalue weighted by Crippen LogP contribution is 2.55. The van der Waals surface area contributed by atoms with Crippen LogP contribution >= 0.6 is 0 Å². The van der Waals surface area contributed by atoms with Gasteiger partial charge in [-0.15, -0.1) is 0 Å². The minimum atomic E-state index is -0.694. The van der Waals surface area contributed by atoms with E-state index in [-0.39, 0.29) is 5.92 Å². The van der Waals surface area contributed by atoms with Gasteiger partial charge in [-0.3, -0.25) is 0 Å². The molecular weight excluding hydrogens is 164 g/mol. The Morgan fingerprint density at radius 1 is 1.23 bits per heavy atom. The van der Waals surface area contributed by atoms with Gasteiger partial charge in [0, 0.05) is 0 Å². The molecule has 2 nitrogen and oxygen atoms in total. The number of aliphatic hydroxyl groups excluding tert-OH is 1. The van der Waals surface area contributed by atoms with Crippen molar-refractivity contribution in [3.63, 3.8) is 0 Å². The van der Waals surface area contributed by atoms with Gasteiger partial charge in [0.15, 0.2) is 0 Å². The van der Waals surface area contributed by atoms with Crippen LogP contribution in [-0.4, -0.2) is 17.5 Å². The van der Waals surface area contributed by atoms with E-state index in [9.17, 15) is 9.90 Å². The summed E-state index contributed by atoms with van der Waals surface area (Å²) < 4.78 is 0. The molecule has 2 aliphatic rings. The van der Waals surface area contributed by atoms with E-state index >= 15 is 0 Å². The molecule has 2 atom stereocenters. The first-order valence-electron chi connectivity index (χ1n) is 5.42. The Morgan fingerprint density at radius 2 is 1.85 bits per heavy atom. The first kappa shape index (κ1) is 9.20. The molecule has 1 N–H and O–H groups in total. The zero-order chi connectivity index (χ0) is 9.31. The molecule has 0 heterocycles. The third-order valence-electron chi connectivity index (χ3n) is 4.13. The second kappa shape index (κ2) is 3.41. The van der Waals surface area contributed by atoms with Crippen molar-refractivity contribution in [3.05, 3.63) is 0 Å². The van der Waals surface area contributed by atoms with E-state index in [1.165, 1.54) is 38.5 Å². The lowest BCUT2D eigenvalue weighted by molar-refractivity contribution is -0.119. The zero-order valence-corrected chi connectivity index (χ0v) is 8.04. The lowest BCUT2D eigenvalue weighted by Crippen LogP contribution is -2.32. The average molecular weight is 182 g/mol. The van der Waals surface area contributed by atoms with Crippen LogP contribution in [0.4, 0.5) is 0 Å². The van der Waals surface area contributed by atoms with Gasteiger partial charge < -0.3 is 9.90 Å². The molecule has 0 aromatic carbocycles. The molecular formula is C11H18O2. The Morgan fingerprint density at radius 3 is 2.46 bits per heavy atom. The number of aldehydes is 1. The highest BCUT2D eigenvalue weighted by molar-refractivity contribution is 5.56. The molecule has 13 heavy (non-hydrogen) atoms. The quantitative estimate of drug-likeness (QED) is 0.662. The Kier molecular flexibility index (Phi) is 2.41. The fraction of sp³-hybridized carbons (Fsp3) is 0.909. The molecule has 2 unspecified atom stereocenters. The number of hydrogen-bond acceptors (Lipinski definition) is 2. The molecule has 2 aliphatic carbocycles. The second-order valence-electron chi connectivity index (χ2n) is 4.69. The van der Waals surface area contributed by atoms with Gasteiger partial charge in [-0.25, -0.2) is 0 Å². The fourth-order valence-corrected chi connectivity index (χ4v) is 3.49. The van der Waals surface area contributed by atoms with Gasteiger partial charge in [0.1, 0.15) is 12.4 Å². The molecule has 2 rings (SSSR count). The molecule has 74 valence electrons. The molecule has 0 aromatic rings. The van der Waals surface area contributed by atoms with Gasteiger partial charge in [-0.05, 0) is 37.0 Å². The van der Waals surface area contributed by atoms with E-state index in [2.05, 4.69) is 0 Å². The Labute approximate surface area is 79.3 Å². The van der Waals surface area contributed by atoms with Gasteiger partial charge in [-0.2, -0.15) is 0 Å². The third kappa shape index (κ3) is 1.41. The Hall–Kier alpha value is -0.370. The summed E-state index contributed by atoms with van der Waals surface area (Å²) in [7, 11) is 0. The van der Waals surface area contributed by atoms with Gasteiger partial charge in [0.05, 0.1) is 0 Å². The lowest BCUT2D eigenvalue weighted by Gasteiger charge is -2.32. The van der Waals surface area contributed by atoms with Crippen LogP contribution in [0, 0.1) is 11.3 Å². The van der Waals surface area contributed by atoms with Crippen LogP contribution in [0.2, 0.25) is 0 Å². The van der Waals surface area contributed by atoms with Crippen LogP contribution in [0.1, 0.15) is 44.9 Å². The van der Waals surface area contributed by atoms with Crippen LogP contribution in [0.5, 0.6) is 0 Å². The molecule has 0 bridgehead atoms. The summed E-state index contributed by atoms with van der Waals surface area (Å²) in [5.41, 5.74) is 0.348. The van der Waals surface area contributed by atoms with Crippen LogP contribution in [0.3, 0.4) is 0 Å². The van der Waals surface area contributed by atoms with Gasteiger partial charge in [0.2, 0.25) is 0 Å². The van der Waals surface area contributed by atoms with Gasteiger partial charge >= 0.3 is 0 Å². The normalized spacial score (nSPS) is 33.8. The standard InChI is InChI=1S/C11H18O2/c12-8-10(13)9-4-3-7-11(9)5-1-2-6-11/h8-10,13H,1-7H2. The van der Waals surface area contributed by atoms with Gasteiger partial charge in [0.25, 0.3) is 0 Å². The van der Waals surface area contributed by atoms with E-state index in [0.29, 0.717) is 5.41 Å². The van der Waals surface area contributed by atoms with E-state index in [0.717, 1.165) is 12.7 Å². The molecule has 2 fully saturated rings. The molecule has 0 amide bonds. The SMILES string of the molecule is O=CC(O)C1CCCC12CCCC2. The third-order valence-corrected chi connectivity index (χ3v) is 4.13. The minimum absolute atomic E-state index is 0.271. The van der Waals surface area contributed by atoms with Crippen LogP contribution in [0.15, 0.2) is 0 Å². The summed E-state index contributed by atoms with van der Waals surface area (Å²) in [6.07, 6.45) is 8.60. The summed E-state index contributed by atoms with van der Waals surface area (Å²) in [5, 5.41) is 9.62. The second-order valence-corrected chi connectivity index (χ2v) is 4.69. The van der Waals surface area contributed by atoms with Crippen molar-refractivity contribution in [2.45, 2.75) is 51.0 Å². The first-order valence-corrected chi connectivity index (χ1v) is 5.42. The van der Waals surface area contributed by atoms with E-state index in [1.807, 2.05) is 0 Å². The summed E-state index contributed by atoms with van der Waals surface area (Å²) in [6, 6.07) is 0. The van der Waals surface area contributed by atoms with Crippen molar-refractivity contribution in [2.75, 3.05) is 0 Å². The smallest absolute Gasteiger partial charge is 0.148 e. The van der Waals surface area contributed by atoms with E-state index in [4.69, 9.17) is 0 Å². The first-order chi connectivity index (χ1) is 6.28. The minimum Gasteiger partial charge on any atom is -0.385 e. The average Bonchev–Trinajstić information content (AvgIpc) is 2.76. The number of rotatable bonds is 2. The topological polar surface area (TPSA) is 37.3 Å². The molecule has 0 aromatic heterocycles. The maximum Gasteiger partial charge on any atom is 0.148 e. The van der Waals surface area contributed by atoms with Crippen LogP contribution in [0.25, 0.3) is 0 Å². The maximum absolute atomic E-state index is 10.6. The van der Waals surface area contributed by atoms with E-state index in [1.54, 1.807) is 0 Å². The van der Waals surface area contributed by atoms with Gasteiger partial charge in [-0.1, -0.05) is 19.3 Å². The van der Waals surface area contributed by atoms with Crippen molar-refractivity contribution in [2.24, 2.45) is 11.3 Å². The molecule has 0 aliphatic heterocycles.